The van der Waals surface area contributed by atoms with Crippen LogP contribution in [-0.4, -0.2) is 16.1 Å². The number of aryl methyl sites for hydroxylation is 1. The van der Waals surface area contributed by atoms with Crippen LogP contribution in [0.2, 0.25) is 0 Å². The standard InChI is InChI=1S/C15H20IN3S/c1-3-5-13-15(20-19-18-13)14(17-4-2)10-11-6-8-12(16)9-7-11/h6-9,14,17H,3-5,10H2,1-2H3. The molecule has 0 radical (unpaired) electrons. The van der Waals surface area contributed by atoms with E-state index in [2.05, 4.69) is 75.6 Å². The molecule has 0 aliphatic rings. The molecule has 2 rings (SSSR count). The molecule has 108 valence electrons. The van der Waals surface area contributed by atoms with Gasteiger partial charge in [0.2, 0.25) is 0 Å². The fourth-order valence-electron chi connectivity index (χ4n) is 2.25. The van der Waals surface area contributed by atoms with Gasteiger partial charge in [-0.1, -0.05) is 36.9 Å². The molecule has 1 atom stereocenters. The van der Waals surface area contributed by atoms with Crippen LogP contribution in [-0.2, 0) is 12.8 Å². The lowest BCUT2D eigenvalue weighted by Gasteiger charge is -2.17. The predicted molar refractivity (Wildman–Crippen MR) is 93.2 cm³/mol. The molecule has 1 aromatic heterocycles. The maximum Gasteiger partial charge on any atom is 0.0803 e. The number of hydrogen-bond acceptors (Lipinski definition) is 4. The summed E-state index contributed by atoms with van der Waals surface area (Å²) in [6, 6.07) is 9.06. The molecule has 0 aliphatic heterocycles. The quantitative estimate of drug-likeness (QED) is 0.713. The van der Waals surface area contributed by atoms with Crippen LogP contribution in [0.3, 0.4) is 0 Å². The Kier molecular flexibility index (Phi) is 6.38. The third-order valence-electron chi connectivity index (χ3n) is 3.19. The van der Waals surface area contributed by atoms with Crippen molar-refractivity contribution in [1.29, 1.82) is 0 Å². The molecule has 5 heteroatoms. The number of nitrogens with zero attached hydrogens (tertiary/aromatic N) is 2. The summed E-state index contributed by atoms with van der Waals surface area (Å²) in [5, 5.41) is 7.87. The Morgan fingerprint density at radius 3 is 2.65 bits per heavy atom. The van der Waals surface area contributed by atoms with Gasteiger partial charge in [-0.2, -0.15) is 0 Å². The second kappa shape index (κ2) is 8.05. The zero-order valence-electron chi connectivity index (χ0n) is 11.9. The van der Waals surface area contributed by atoms with Gasteiger partial charge in [0.1, 0.15) is 0 Å². The Morgan fingerprint density at radius 1 is 1.25 bits per heavy atom. The normalized spacial score (nSPS) is 12.6. The van der Waals surface area contributed by atoms with E-state index in [1.165, 1.54) is 25.5 Å². The van der Waals surface area contributed by atoms with Crippen LogP contribution >= 0.6 is 34.1 Å². The highest BCUT2D eigenvalue weighted by molar-refractivity contribution is 14.1. The van der Waals surface area contributed by atoms with Gasteiger partial charge in [-0.25, -0.2) is 0 Å². The van der Waals surface area contributed by atoms with Crippen molar-refractivity contribution in [2.24, 2.45) is 0 Å². The summed E-state index contributed by atoms with van der Waals surface area (Å²) in [4.78, 5) is 1.30. The van der Waals surface area contributed by atoms with Crippen LogP contribution in [0.25, 0.3) is 0 Å². The highest BCUT2D eigenvalue weighted by Crippen LogP contribution is 2.25. The molecule has 1 aromatic carbocycles. The van der Waals surface area contributed by atoms with Gasteiger partial charge >= 0.3 is 0 Å². The lowest BCUT2D eigenvalue weighted by atomic mass is 10.0. The molecule has 0 spiro atoms. The van der Waals surface area contributed by atoms with E-state index < -0.39 is 0 Å². The van der Waals surface area contributed by atoms with Crippen molar-refractivity contribution < 1.29 is 0 Å². The first-order valence-electron chi connectivity index (χ1n) is 7.03. The molecule has 0 aliphatic carbocycles. The van der Waals surface area contributed by atoms with Gasteiger partial charge in [0.25, 0.3) is 0 Å². The molecule has 20 heavy (non-hydrogen) atoms. The molecular weight excluding hydrogens is 381 g/mol. The van der Waals surface area contributed by atoms with Crippen LogP contribution in [0.4, 0.5) is 0 Å². The summed E-state index contributed by atoms with van der Waals surface area (Å²) in [5.74, 6) is 0. The number of halogens is 1. The van der Waals surface area contributed by atoms with Crippen molar-refractivity contribution in [3.63, 3.8) is 0 Å². The van der Waals surface area contributed by atoms with Crippen molar-refractivity contribution >= 4 is 34.1 Å². The average Bonchev–Trinajstić information content (AvgIpc) is 2.89. The molecule has 1 unspecified atom stereocenters. The smallest absolute Gasteiger partial charge is 0.0803 e. The van der Waals surface area contributed by atoms with E-state index in [4.69, 9.17) is 0 Å². The SMILES string of the molecule is CCCc1nnsc1C(Cc1ccc(I)cc1)NCC. The van der Waals surface area contributed by atoms with Gasteiger partial charge < -0.3 is 5.32 Å². The van der Waals surface area contributed by atoms with E-state index in [-0.39, 0.29) is 0 Å². The Labute approximate surface area is 138 Å². The van der Waals surface area contributed by atoms with Crippen molar-refractivity contribution in [2.45, 2.75) is 39.2 Å². The van der Waals surface area contributed by atoms with E-state index in [0.29, 0.717) is 6.04 Å². The van der Waals surface area contributed by atoms with E-state index in [0.717, 1.165) is 31.5 Å². The number of likely N-dealkylation sites (N-methyl/N-ethyl adjacent to an activating group) is 1. The summed E-state index contributed by atoms with van der Waals surface area (Å²) in [5.41, 5.74) is 2.51. The summed E-state index contributed by atoms with van der Waals surface area (Å²) in [6.07, 6.45) is 3.12. The van der Waals surface area contributed by atoms with Crippen LogP contribution in [0, 0.1) is 3.57 Å². The molecule has 0 saturated heterocycles. The molecule has 0 saturated carbocycles. The van der Waals surface area contributed by atoms with Crippen molar-refractivity contribution in [2.75, 3.05) is 6.54 Å². The predicted octanol–water partition coefficient (Wildman–Crippen LogP) is 3.99. The minimum atomic E-state index is 0.321. The van der Waals surface area contributed by atoms with Crippen molar-refractivity contribution in [3.8, 4) is 0 Å². The van der Waals surface area contributed by atoms with Gasteiger partial charge in [-0.05, 0) is 71.2 Å². The van der Waals surface area contributed by atoms with Gasteiger partial charge in [0, 0.05) is 9.61 Å². The highest BCUT2D eigenvalue weighted by atomic mass is 127. The second-order valence-electron chi connectivity index (χ2n) is 4.77. The minimum Gasteiger partial charge on any atom is -0.309 e. The number of aromatic nitrogens is 2. The van der Waals surface area contributed by atoms with E-state index in [1.54, 1.807) is 0 Å². The maximum atomic E-state index is 4.29. The Hall–Kier alpha value is -0.530. The average molecular weight is 401 g/mol. The Morgan fingerprint density at radius 2 is 2.00 bits per heavy atom. The van der Waals surface area contributed by atoms with Gasteiger partial charge in [-0.15, -0.1) is 5.10 Å². The first kappa shape index (κ1) is 15.9. The lowest BCUT2D eigenvalue weighted by Crippen LogP contribution is -2.23. The first-order valence-corrected chi connectivity index (χ1v) is 8.88. The molecule has 1 heterocycles. The molecule has 1 N–H and O–H groups in total. The lowest BCUT2D eigenvalue weighted by molar-refractivity contribution is 0.552. The number of nitrogens with one attached hydrogen (secondary N) is 1. The highest BCUT2D eigenvalue weighted by Gasteiger charge is 2.18. The van der Waals surface area contributed by atoms with Crippen molar-refractivity contribution in [1.82, 2.24) is 14.9 Å². The third-order valence-corrected chi connectivity index (χ3v) is 4.79. The van der Waals surface area contributed by atoms with Crippen molar-refractivity contribution in [3.05, 3.63) is 44.0 Å². The molecular formula is C15H20IN3S. The zero-order valence-corrected chi connectivity index (χ0v) is 14.9. The fraction of sp³-hybridized carbons (Fsp3) is 0.467. The fourth-order valence-corrected chi connectivity index (χ4v) is 3.38. The third kappa shape index (κ3) is 4.23. The van der Waals surface area contributed by atoms with Crippen LogP contribution in [0.1, 0.15) is 42.4 Å². The summed E-state index contributed by atoms with van der Waals surface area (Å²) >= 11 is 3.87. The largest absolute Gasteiger partial charge is 0.309 e. The summed E-state index contributed by atoms with van der Waals surface area (Å²) < 4.78 is 5.43. The minimum absolute atomic E-state index is 0.321. The van der Waals surface area contributed by atoms with Crippen LogP contribution < -0.4 is 5.32 Å². The Bertz CT molecular complexity index is 524. The Balaban J connectivity index is 2.17. The first-order chi connectivity index (χ1) is 9.74. The van der Waals surface area contributed by atoms with E-state index in [1.807, 2.05) is 0 Å². The van der Waals surface area contributed by atoms with Crippen LogP contribution in [0.15, 0.2) is 24.3 Å². The number of benzene rings is 1. The topological polar surface area (TPSA) is 37.8 Å². The maximum absolute atomic E-state index is 4.29. The summed E-state index contributed by atoms with van der Waals surface area (Å²) in [7, 11) is 0. The second-order valence-corrected chi connectivity index (χ2v) is 6.81. The van der Waals surface area contributed by atoms with Crippen LogP contribution in [0.5, 0.6) is 0 Å². The molecule has 0 amide bonds. The monoisotopic (exact) mass is 401 g/mol. The molecule has 2 aromatic rings. The van der Waals surface area contributed by atoms with Gasteiger partial charge in [-0.3, -0.25) is 0 Å². The number of rotatable bonds is 7. The summed E-state index contributed by atoms with van der Waals surface area (Å²) in [6.45, 7) is 5.29. The zero-order chi connectivity index (χ0) is 14.4. The number of hydrogen-bond donors (Lipinski definition) is 1. The molecule has 0 bridgehead atoms. The molecule has 3 nitrogen and oxygen atoms in total. The molecule has 0 fully saturated rings. The van der Waals surface area contributed by atoms with E-state index in [9.17, 15) is 0 Å². The van der Waals surface area contributed by atoms with E-state index >= 15 is 0 Å². The van der Waals surface area contributed by atoms with Gasteiger partial charge in [0.05, 0.1) is 10.6 Å². The van der Waals surface area contributed by atoms with Gasteiger partial charge in [0.15, 0.2) is 0 Å².